The van der Waals surface area contributed by atoms with Crippen LogP contribution in [0.15, 0.2) is 12.7 Å². The van der Waals surface area contributed by atoms with Crippen molar-refractivity contribution in [2.75, 3.05) is 0 Å². The topological polar surface area (TPSA) is 9.23 Å². The summed E-state index contributed by atoms with van der Waals surface area (Å²) in [4.78, 5) is 2.71. The van der Waals surface area contributed by atoms with E-state index in [1.807, 2.05) is 6.08 Å². The highest BCUT2D eigenvalue weighted by molar-refractivity contribution is 9.12. The maximum absolute atomic E-state index is 6.15. The van der Waals surface area contributed by atoms with Gasteiger partial charge in [-0.05, 0) is 23.0 Å². The van der Waals surface area contributed by atoms with Gasteiger partial charge in [0, 0.05) is 22.4 Å². The van der Waals surface area contributed by atoms with Gasteiger partial charge in [0.1, 0.15) is 0 Å². The van der Waals surface area contributed by atoms with Crippen LogP contribution >= 0.6 is 15.9 Å². The summed E-state index contributed by atoms with van der Waals surface area (Å²) >= 11 is 3.09. The quantitative estimate of drug-likeness (QED) is 0.426. The summed E-state index contributed by atoms with van der Waals surface area (Å²) in [6.07, 6.45) is 2.61. The van der Waals surface area contributed by atoms with Crippen LogP contribution in [0.1, 0.15) is 27.2 Å². The third-order valence-corrected chi connectivity index (χ3v) is 7.67. The van der Waals surface area contributed by atoms with Crippen LogP contribution < -0.4 is 0 Å². The molecule has 1 unspecified atom stereocenters. The van der Waals surface area contributed by atoms with E-state index in [4.69, 9.17) is 4.43 Å². The minimum atomic E-state index is -1.69. The lowest BCUT2D eigenvalue weighted by Crippen LogP contribution is -2.43. The van der Waals surface area contributed by atoms with Crippen molar-refractivity contribution < 1.29 is 4.43 Å². The Morgan fingerprint density at radius 3 is 2.33 bits per heavy atom. The van der Waals surface area contributed by atoms with Crippen LogP contribution in [0.3, 0.4) is 0 Å². The third-order valence-electron chi connectivity index (χ3n) is 2.89. The molecule has 0 fully saturated rings. The fourth-order valence-electron chi connectivity index (χ4n) is 0.867. The summed E-state index contributed by atoms with van der Waals surface area (Å²) in [5, 5.41) is 0.232. The van der Waals surface area contributed by atoms with E-state index in [0.717, 1.165) is 0 Å². The predicted octanol–water partition coefficient (Wildman–Crippen LogP) is 4.31. The number of hydrogen-bond acceptors (Lipinski definition) is 1. The fourth-order valence-corrected chi connectivity index (χ4v) is 2.32. The first-order valence-corrected chi connectivity index (χ1v) is 8.83. The van der Waals surface area contributed by atoms with Gasteiger partial charge in [-0.1, -0.05) is 32.8 Å². The molecule has 0 amide bonds. The lowest BCUT2D eigenvalue weighted by atomic mass is 10.2. The molecule has 15 heavy (non-hydrogen) atoms. The lowest BCUT2D eigenvalue weighted by Gasteiger charge is -2.38. The number of halogens is 1. The minimum Gasteiger partial charge on any atom is -0.410 e. The number of hydrogen-bond donors (Lipinski definition) is 0. The van der Waals surface area contributed by atoms with Gasteiger partial charge in [0.05, 0.1) is 6.10 Å². The first-order valence-electron chi connectivity index (χ1n) is 5.13. The van der Waals surface area contributed by atoms with Crippen LogP contribution in [0.2, 0.25) is 18.1 Å². The van der Waals surface area contributed by atoms with E-state index in [2.05, 4.69) is 67.1 Å². The summed E-state index contributed by atoms with van der Waals surface area (Å²) < 4.78 is 6.15. The van der Waals surface area contributed by atoms with Crippen molar-refractivity contribution in [2.45, 2.75) is 51.4 Å². The highest BCUT2D eigenvalue weighted by atomic mass is 79.9. The van der Waals surface area contributed by atoms with Gasteiger partial charge in [0.15, 0.2) is 8.32 Å². The average Bonchev–Trinajstić information content (AvgIpc) is 2.10. The highest BCUT2D eigenvalue weighted by Gasteiger charge is 2.38. The van der Waals surface area contributed by atoms with Crippen LogP contribution in [-0.2, 0) is 4.43 Å². The molecule has 86 valence electrons. The molecular formula is C12H21BrOSi. The molecule has 0 rings (SSSR count). The lowest BCUT2D eigenvalue weighted by molar-refractivity contribution is 0.230. The first-order chi connectivity index (χ1) is 6.74. The van der Waals surface area contributed by atoms with Gasteiger partial charge in [-0.25, -0.2) is 0 Å². The molecule has 0 aliphatic carbocycles. The zero-order valence-electron chi connectivity index (χ0n) is 10.4. The van der Waals surface area contributed by atoms with E-state index in [9.17, 15) is 0 Å². The molecule has 0 aliphatic heterocycles. The van der Waals surface area contributed by atoms with Gasteiger partial charge >= 0.3 is 0 Å². The molecule has 1 nitrogen and oxygen atoms in total. The van der Waals surface area contributed by atoms with E-state index < -0.39 is 8.32 Å². The Morgan fingerprint density at radius 2 is 2.00 bits per heavy atom. The standard InChI is InChI=1S/C12H21BrOSi/c1-7-11(9-8-10-13)14-15(5,6)12(2,3)4/h7,11H,1,9H2,2-6H3. The fraction of sp³-hybridized carbons (Fsp3) is 0.667. The van der Waals surface area contributed by atoms with Crippen molar-refractivity contribution in [3.63, 3.8) is 0 Å². The molecule has 0 aromatic rings. The summed E-state index contributed by atoms with van der Waals surface area (Å²) in [5.74, 6) is 2.97. The van der Waals surface area contributed by atoms with E-state index in [1.165, 1.54) is 0 Å². The largest absolute Gasteiger partial charge is 0.410 e. The summed E-state index contributed by atoms with van der Waals surface area (Å²) in [5.41, 5.74) is 0. The Hall–Kier alpha value is -0.0431. The zero-order valence-corrected chi connectivity index (χ0v) is 12.9. The first kappa shape index (κ1) is 15.0. The number of rotatable bonds is 4. The molecule has 0 spiro atoms. The Bertz CT molecular complexity index is 268. The van der Waals surface area contributed by atoms with Crippen LogP contribution in [0.5, 0.6) is 0 Å². The van der Waals surface area contributed by atoms with Gasteiger partial charge in [0.25, 0.3) is 0 Å². The van der Waals surface area contributed by atoms with E-state index in [0.29, 0.717) is 6.42 Å². The minimum absolute atomic E-state index is 0.0518. The molecule has 0 saturated carbocycles. The highest BCUT2D eigenvalue weighted by Crippen LogP contribution is 2.37. The smallest absolute Gasteiger partial charge is 0.192 e. The van der Waals surface area contributed by atoms with Crippen LogP contribution in [0.25, 0.3) is 0 Å². The molecule has 0 saturated heterocycles. The van der Waals surface area contributed by atoms with Crippen molar-refractivity contribution in [1.29, 1.82) is 0 Å². The molecule has 0 aromatic heterocycles. The van der Waals surface area contributed by atoms with Gasteiger partial charge in [-0.3, -0.25) is 0 Å². The Labute approximate surface area is 104 Å². The van der Waals surface area contributed by atoms with E-state index in [1.54, 1.807) is 0 Å². The van der Waals surface area contributed by atoms with Crippen molar-refractivity contribution in [3.05, 3.63) is 12.7 Å². The van der Waals surface area contributed by atoms with Gasteiger partial charge in [-0.15, -0.1) is 6.58 Å². The van der Waals surface area contributed by atoms with Crippen LogP contribution in [0.4, 0.5) is 0 Å². The monoisotopic (exact) mass is 288 g/mol. The molecule has 0 bridgehead atoms. The average molecular weight is 289 g/mol. The van der Waals surface area contributed by atoms with E-state index in [-0.39, 0.29) is 11.1 Å². The van der Waals surface area contributed by atoms with Crippen LogP contribution in [-0.4, -0.2) is 14.4 Å². The van der Waals surface area contributed by atoms with Crippen molar-refractivity contribution in [3.8, 4) is 10.8 Å². The van der Waals surface area contributed by atoms with Crippen LogP contribution in [0, 0.1) is 10.8 Å². The SMILES string of the molecule is C=CC(CC#CBr)O[Si](C)(C)C(C)(C)C. The molecule has 0 N–H and O–H groups in total. The maximum Gasteiger partial charge on any atom is 0.192 e. The van der Waals surface area contributed by atoms with Crippen molar-refractivity contribution >= 4 is 24.2 Å². The summed E-state index contributed by atoms with van der Waals surface area (Å²) in [7, 11) is -1.69. The van der Waals surface area contributed by atoms with Gasteiger partial charge < -0.3 is 4.43 Å². The summed E-state index contributed by atoms with van der Waals surface area (Å²) in [6, 6.07) is 0. The van der Waals surface area contributed by atoms with Gasteiger partial charge in [-0.2, -0.15) is 0 Å². The van der Waals surface area contributed by atoms with Crippen molar-refractivity contribution in [1.82, 2.24) is 0 Å². The second-order valence-corrected chi connectivity index (χ2v) is 10.3. The predicted molar refractivity (Wildman–Crippen MR) is 73.6 cm³/mol. The third kappa shape index (κ3) is 5.01. The molecule has 1 atom stereocenters. The Kier molecular flexibility index (Phi) is 5.87. The molecule has 0 radical (unpaired) electrons. The Morgan fingerprint density at radius 1 is 1.47 bits per heavy atom. The van der Waals surface area contributed by atoms with E-state index >= 15 is 0 Å². The molecule has 3 heteroatoms. The van der Waals surface area contributed by atoms with Gasteiger partial charge in [0.2, 0.25) is 0 Å². The maximum atomic E-state index is 6.15. The Balaban J connectivity index is 4.51. The molecule has 0 aromatic carbocycles. The summed E-state index contributed by atoms with van der Waals surface area (Å²) in [6.45, 7) is 15.0. The molecule has 0 heterocycles. The second kappa shape index (κ2) is 5.88. The zero-order chi connectivity index (χ0) is 12.1. The molecule has 0 aliphatic rings. The normalized spacial score (nSPS) is 14.0. The molecular weight excluding hydrogens is 268 g/mol. The van der Waals surface area contributed by atoms with Crippen molar-refractivity contribution in [2.24, 2.45) is 0 Å². The second-order valence-electron chi connectivity index (χ2n) is 5.13.